The van der Waals surface area contributed by atoms with Gasteiger partial charge in [-0.05, 0) is 23.5 Å². The third-order valence-electron chi connectivity index (χ3n) is 3.51. The summed E-state index contributed by atoms with van der Waals surface area (Å²) in [6.45, 7) is 6.16. The molecule has 102 valence electrons. The van der Waals surface area contributed by atoms with Gasteiger partial charge in [0.1, 0.15) is 0 Å². The van der Waals surface area contributed by atoms with E-state index in [4.69, 9.17) is 16.7 Å². The lowest BCUT2D eigenvalue weighted by molar-refractivity contribution is -0.138. The van der Waals surface area contributed by atoms with Crippen LogP contribution in [0, 0.1) is 11.8 Å². The Morgan fingerprint density at radius 1 is 1.26 bits per heavy atom. The van der Waals surface area contributed by atoms with Gasteiger partial charge in [0, 0.05) is 16.5 Å². The molecule has 1 saturated carbocycles. The zero-order valence-electron chi connectivity index (χ0n) is 11.2. The molecule has 1 aliphatic rings. The fourth-order valence-corrected chi connectivity index (χ4v) is 2.71. The van der Waals surface area contributed by atoms with Gasteiger partial charge in [0.2, 0.25) is 0 Å². The van der Waals surface area contributed by atoms with E-state index < -0.39 is 11.9 Å². The third-order valence-corrected chi connectivity index (χ3v) is 3.82. The molecular weight excluding hydrogens is 264 g/mol. The van der Waals surface area contributed by atoms with Gasteiger partial charge < -0.3 is 5.11 Å². The van der Waals surface area contributed by atoms with Gasteiger partial charge in [-0.15, -0.1) is 0 Å². The molecule has 0 amide bonds. The van der Waals surface area contributed by atoms with Gasteiger partial charge in [-0.25, -0.2) is 0 Å². The number of hydrogen-bond donors (Lipinski definition) is 1. The van der Waals surface area contributed by atoms with E-state index in [0.717, 1.165) is 5.56 Å². The number of benzene rings is 1. The Morgan fingerprint density at radius 3 is 2.32 bits per heavy atom. The number of carbonyl (C=O) groups is 2. The van der Waals surface area contributed by atoms with Crippen molar-refractivity contribution in [3.63, 3.8) is 0 Å². The van der Waals surface area contributed by atoms with Crippen molar-refractivity contribution >= 4 is 23.4 Å². The second-order valence-electron chi connectivity index (χ2n) is 6.10. The van der Waals surface area contributed by atoms with Crippen molar-refractivity contribution in [1.29, 1.82) is 0 Å². The molecule has 3 nitrogen and oxygen atoms in total. The molecule has 1 aromatic rings. The largest absolute Gasteiger partial charge is 0.481 e. The molecule has 1 aromatic carbocycles. The number of ketones is 1. The first-order valence-electron chi connectivity index (χ1n) is 6.29. The van der Waals surface area contributed by atoms with Crippen LogP contribution in [0.15, 0.2) is 18.2 Å². The van der Waals surface area contributed by atoms with Gasteiger partial charge in [0.15, 0.2) is 5.78 Å². The van der Waals surface area contributed by atoms with Crippen molar-refractivity contribution in [2.24, 2.45) is 11.8 Å². The molecule has 2 rings (SSSR count). The molecule has 0 aromatic heterocycles. The van der Waals surface area contributed by atoms with Crippen LogP contribution in [0.4, 0.5) is 0 Å². The summed E-state index contributed by atoms with van der Waals surface area (Å²) in [5.41, 5.74) is 1.41. The van der Waals surface area contributed by atoms with Crippen molar-refractivity contribution in [3.8, 4) is 0 Å². The second kappa shape index (κ2) is 4.64. The number of halogens is 1. The summed E-state index contributed by atoms with van der Waals surface area (Å²) in [5, 5.41) is 9.41. The highest BCUT2D eigenvalue weighted by Gasteiger charge is 2.48. The summed E-state index contributed by atoms with van der Waals surface area (Å²) >= 11 is 6.21. The van der Waals surface area contributed by atoms with E-state index >= 15 is 0 Å². The van der Waals surface area contributed by atoms with E-state index in [-0.39, 0.29) is 17.1 Å². The molecule has 0 unspecified atom stereocenters. The molecular formula is C15H17ClO3. The number of carboxylic acid groups (broad SMARTS) is 1. The molecule has 1 fully saturated rings. The van der Waals surface area contributed by atoms with Crippen LogP contribution in [0.3, 0.4) is 0 Å². The SMILES string of the molecule is CC(C)(C)c1ccc(C(=O)[C@H]2C[C@@H]2C(=O)O)cc1Cl. The zero-order chi connectivity index (χ0) is 14.4. The first kappa shape index (κ1) is 14.1. The average Bonchev–Trinajstić information content (AvgIpc) is 3.05. The number of rotatable bonds is 3. The summed E-state index contributed by atoms with van der Waals surface area (Å²) in [7, 11) is 0. The van der Waals surface area contributed by atoms with Gasteiger partial charge >= 0.3 is 5.97 Å². The minimum Gasteiger partial charge on any atom is -0.481 e. The van der Waals surface area contributed by atoms with E-state index in [1.165, 1.54) is 0 Å². The molecule has 19 heavy (non-hydrogen) atoms. The van der Waals surface area contributed by atoms with Crippen LogP contribution in [0.2, 0.25) is 5.02 Å². The van der Waals surface area contributed by atoms with Crippen molar-refractivity contribution in [1.82, 2.24) is 0 Å². The molecule has 1 aliphatic carbocycles. The molecule has 0 heterocycles. The summed E-state index contributed by atoms with van der Waals surface area (Å²) in [5.74, 6) is -1.91. The normalized spacial score (nSPS) is 22.1. The van der Waals surface area contributed by atoms with Crippen LogP contribution in [0.25, 0.3) is 0 Å². The number of Topliss-reactive ketones (excluding diaryl/α,β-unsaturated/α-hetero) is 1. The van der Waals surface area contributed by atoms with E-state index in [2.05, 4.69) is 20.8 Å². The van der Waals surface area contributed by atoms with E-state index in [0.29, 0.717) is 17.0 Å². The minimum atomic E-state index is -0.893. The fraction of sp³-hybridized carbons (Fsp3) is 0.467. The van der Waals surface area contributed by atoms with Crippen molar-refractivity contribution in [2.45, 2.75) is 32.6 Å². The van der Waals surface area contributed by atoms with E-state index in [1.54, 1.807) is 12.1 Å². The molecule has 2 atom stereocenters. The highest BCUT2D eigenvalue weighted by molar-refractivity contribution is 6.32. The Bertz CT molecular complexity index is 543. The quantitative estimate of drug-likeness (QED) is 0.862. The third kappa shape index (κ3) is 2.81. The number of carbonyl (C=O) groups excluding carboxylic acids is 1. The first-order chi connectivity index (χ1) is 8.71. The second-order valence-corrected chi connectivity index (χ2v) is 6.50. The predicted octanol–water partition coefficient (Wildman–Crippen LogP) is 3.54. The molecule has 4 heteroatoms. The maximum atomic E-state index is 12.1. The highest BCUT2D eigenvalue weighted by atomic mass is 35.5. The molecule has 1 N–H and O–H groups in total. The Morgan fingerprint density at radius 2 is 1.89 bits per heavy atom. The monoisotopic (exact) mass is 280 g/mol. The van der Waals surface area contributed by atoms with Gasteiger partial charge in [-0.2, -0.15) is 0 Å². The first-order valence-corrected chi connectivity index (χ1v) is 6.66. The smallest absolute Gasteiger partial charge is 0.307 e. The van der Waals surface area contributed by atoms with Crippen molar-refractivity contribution in [3.05, 3.63) is 34.3 Å². The summed E-state index contributed by atoms with van der Waals surface area (Å²) in [6, 6.07) is 5.25. The Labute approximate surface area is 117 Å². The molecule has 0 saturated heterocycles. The van der Waals surface area contributed by atoms with Gasteiger partial charge in [-0.1, -0.05) is 44.5 Å². The van der Waals surface area contributed by atoms with Gasteiger partial charge in [-0.3, -0.25) is 9.59 Å². The molecule has 0 aliphatic heterocycles. The maximum absolute atomic E-state index is 12.1. The average molecular weight is 281 g/mol. The number of aliphatic carboxylic acids is 1. The van der Waals surface area contributed by atoms with Gasteiger partial charge in [0.25, 0.3) is 0 Å². The maximum Gasteiger partial charge on any atom is 0.307 e. The summed E-state index contributed by atoms with van der Waals surface area (Å²) < 4.78 is 0. The lowest BCUT2D eigenvalue weighted by Crippen LogP contribution is -2.13. The standard InChI is InChI=1S/C15H17ClO3/c1-15(2,3)11-5-4-8(6-12(11)16)13(17)9-7-10(9)14(18)19/h4-6,9-10H,7H2,1-3H3,(H,18,19)/t9-,10-/m0/s1. The molecule has 0 radical (unpaired) electrons. The molecule has 0 spiro atoms. The van der Waals surface area contributed by atoms with Crippen molar-refractivity contribution < 1.29 is 14.7 Å². The van der Waals surface area contributed by atoms with Crippen LogP contribution in [0.5, 0.6) is 0 Å². The highest BCUT2D eigenvalue weighted by Crippen LogP contribution is 2.41. The Balaban J connectivity index is 2.22. The fourth-order valence-electron chi connectivity index (χ4n) is 2.25. The van der Waals surface area contributed by atoms with Crippen LogP contribution >= 0.6 is 11.6 Å². The topological polar surface area (TPSA) is 54.4 Å². The lowest BCUT2D eigenvalue weighted by Gasteiger charge is -2.20. The lowest BCUT2D eigenvalue weighted by atomic mass is 9.86. The number of carboxylic acids is 1. The summed E-state index contributed by atoms with van der Waals surface area (Å²) in [4.78, 5) is 22.9. The van der Waals surface area contributed by atoms with Crippen molar-refractivity contribution in [2.75, 3.05) is 0 Å². The van der Waals surface area contributed by atoms with Crippen LogP contribution in [-0.2, 0) is 10.2 Å². The number of hydrogen-bond acceptors (Lipinski definition) is 2. The van der Waals surface area contributed by atoms with Crippen LogP contribution < -0.4 is 0 Å². The molecule has 0 bridgehead atoms. The Hall–Kier alpha value is -1.35. The minimum absolute atomic E-state index is 0.0815. The van der Waals surface area contributed by atoms with Crippen LogP contribution in [0.1, 0.15) is 43.1 Å². The van der Waals surface area contributed by atoms with Gasteiger partial charge in [0.05, 0.1) is 5.92 Å². The van der Waals surface area contributed by atoms with E-state index in [1.807, 2.05) is 6.07 Å². The van der Waals surface area contributed by atoms with E-state index in [9.17, 15) is 9.59 Å². The summed E-state index contributed by atoms with van der Waals surface area (Å²) in [6.07, 6.45) is 0.437. The Kier molecular flexibility index (Phi) is 3.43. The van der Waals surface area contributed by atoms with Crippen LogP contribution in [-0.4, -0.2) is 16.9 Å². The predicted molar refractivity (Wildman–Crippen MR) is 73.7 cm³/mol. The zero-order valence-corrected chi connectivity index (χ0v) is 12.0.